The van der Waals surface area contributed by atoms with Crippen LogP contribution in [0.1, 0.15) is 38.5 Å². The molecule has 0 amide bonds. The van der Waals surface area contributed by atoms with Gasteiger partial charge >= 0.3 is 0 Å². The van der Waals surface area contributed by atoms with Crippen LogP contribution < -0.4 is 20.5 Å². The molecule has 2 aromatic heterocycles. The lowest BCUT2D eigenvalue weighted by Gasteiger charge is -2.34. The standard InChI is InChI=1S/C25H30N6O3/c1-30-23(32)13-28-21-11-17(31-14-19-7-8-20(15-31)33-19)12-22(24(21)30)34-18-5-3-16(4-6-18)29-25-26-9-2-10-27-25/h2,9-13,16,18-20H,3-8,14-15H2,1H3,(H,26,27,29). The number of hydrogen-bond donors (Lipinski definition) is 1. The molecule has 6 rings (SSSR count). The minimum absolute atomic E-state index is 0.0874. The van der Waals surface area contributed by atoms with Crippen molar-refractivity contribution in [3.63, 3.8) is 0 Å². The van der Waals surface area contributed by atoms with E-state index in [1.165, 1.54) is 6.20 Å². The van der Waals surface area contributed by atoms with Gasteiger partial charge in [-0.05, 0) is 50.7 Å². The average molecular weight is 463 g/mol. The van der Waals surface area contributed by atoms with Crippen molar-refractivity contribution in [1.29, 1.82) is 0 Å². The van der Waals surface area contributed by atoms with Crippen molar-refractivity contribution in [3.05, 3.63) is 47.1 Å². The molecule has 4 heterocycles. The van der Waals surface area contributed by atoms with Crippen molar-refractivity contribution < 1.29 is 9.47 Å². The van der Waals surface area contributed by atoms with Crippen LogP contribution >= 0.6 is 0 Å². The van der Waals surface area contributed by atoms with Crippen LogP contribution in [0, 0.1) is 0 Å². The van der Waals surface area contributed by atoms with Crippen LogP contribution in [0.4, 0.5) is 11.6 Å². The summed E-state index contributed by atoms with van der Waals surface area (Å²) in [6.07, 6.45) is 11.6. The van der Waals surface area contributed by atoms with Gasteiger partial charge in [-0.1, -0.05) is 0 Å². The Bertz CT molecular complexity index is 1210. The quantitative estimate of drug-likeness (QED) is 0.619. The predicted octanol–water partition coefficient (Wildman–Crippen LogP) is 2.89. The van der Waals surface area contributed by atoms with Crippen LogP contribution in [0.25, 0.3) is 11.0 Å². The molecule has 1 saturated carbocycles. The zero-order chi connectivity index (χ0) is 23.1. The highest BCUT2D eigenvalue weighted by atomic mass is 16.5. The van der Waals surface area contributed by atoms with E-state index in [4.69, 9.17) is 9.47 Å². The zero-order valence-electron chi connectivity index (χ0n) is 19.4. The molecule has 0 spiro atoms. The van der Waals surface area contributed by atoms with E-state index in [0.29, 0.717) is 24.2 Å². The van der Waals surface area contributed by atoms with Gasteiger partial charge in [-0.15, -0.1) is 0 Å². The summed E-state index contributed by atoms with van der Waals surface area (Å²) in [7, 11) is 1.79. The number of rotatable bonds is 5. The van der Waals surface area contributed by atoms with Gasteiger partial charge in [-0.25, -0.2) is 15.0 Å². The molecule has 178 valence electrons. The molecule has 2 unspecified atom stereocenters. The van der Waals surface area contributed by atoms with Crippen LogP contribution in [-0.2, 0) is 11.8 Å². The Morgan fingerprint density at radius 3 is 2.47 bits per heavy atom. The number of nitrogens with one attached hydrogen (secondary N) is 1. The summed E-state index contributed by atoms with van der Waals surface area (Å²) in [5.74, 6) is 1.41. The summed E-state index contributed by atoms with van der Waals surface area (Å²) in [6, 6.07) is 6.32. The van der Waals surface area contributed by atoms with E-state index in [-0.39, 0.29) is 11.7 Å². The Balaban J connectivity index is 1.23. The molecular formula is C25H30N6O3. The van der Waals surface area contributed by atoms with Crippen LogP contribution in [0.15, 0.2) is 41.6 Å². The number of hydrogen-bond acceptors (Lipinski definition) is 8. The van der Waals surface area contributed by atoms with Crippen LogP contribution in [0.5, 0.6) is 5.75 Å². The summed E-state index contributed by atoms with van der Waals surface area (Å²) in [6.45, 7) is 1.76. The van der Waals surface area contributed by atoms with Crippen molar-refractivity contribution in [2.45, 2.75) is 62.9 Å². The van der Waals surface area contributed by atoms with E-state index in [1.54, 1.807) is 24.0 Å². The number of aromatic nitrogens is 4. The van der Waals surface area contributed by atoms with Crippen molar-refractivity contribution in [3.8, 4) is 5.75 Å². The minimum atomic E-state index is -0.134. The van der Waals surface area contributed by atoms with E-state index in [1.807, 2.05) is 6.07 Å². The van der Waals surface area contributed by atoms with E-state index in [9.17, 15) is 4.79 Å². The summed E-state index contributed by atoms with van der Waals surface area (Å²) in [4.78, 5) is 27.8. The third kappa shape index (κ3) is 4.20. The van der Waals surface area contributed by atoms with E-state index in [0.717, 1.165) is 74.1 Å². The fourth-order valence-corrected chi connectivity index (χ4v) is 5.49. The maximum Gasteiger partial charge on any atom is 0.269 e. The molecule has 1 aliphatic carbocycles. The van der Waals surface area contributed by atoms with Crippen molar-refractivity contribution >= 4 is 22.7 Å². The third-order valence-electron chi connectivity index (χ3n) is 7.30. The van der Waals surface area contributed by atoms with E-state index < -0.39 is 0 Å². The van der Waals surface area contributed by atoms with Gasteiger partial charge in [0.2, 0.25) is 5.95 Å². The number of ether oxygens (including phenoxy) is 2. The van der Waals surface area contributed by atoms with Gasteiger partial charge in [-0.2, -0.15) is 0 Å². The lowest BCUT2D eigenvalue weighted by atomic mass is 9.93. The fourth-order valence-electron chi connectivity index (χ4n) is 5.49. The second kappa shape index (κ2) is 8.87. The normalized spacial score (nSPS) is 26.6. The Morgan fingerprint density at radius 2 is 1.74 bits per heavy atom. The number of aryl methyl sites for hydroxylation is 1. The van der Waals surface area contributed by atoms with Crippen LogP contribution in [0.2, 0.25) is 0 Å². The number of morpholine rings is 1. The first kappa shape index (κ1) is 21.3. The lowest BCUT2D eigenvalue weighted by Crippen LogP contribution is -2.42. The Hall–Kier alpha value is -3.20. The third-order valence-corrected chi connectivity index (χ3v) is 7.30. The van der Waals surface area contributed by atoms with E-state index >= 15 is 0 Å². The Labute approximate surface area is 198 Å². The van der Waals surface area contributed by atoms with Gasteiger partial charge in [0.05, 0.1) is 30.0 Å². The zero-order valence-corrected chi connectivity index (χ0v) is 19.4. The minimum Gasteiger partial charge on any atom is -0.488 e. The highest BCUT2D eigenvalue weighted by Gasteiger charge is 2.34. The van der Waals surface area contributed by atoms with Gasteiger partial charge in [0.1, 0.15) is 11.3 Å². The first-order valence-electron chi connectivity index (χ1n) is 12.2. The maximum absolute atomic E-state index is 12.4. The summed E-state index contributed by atoms with van der Waals surface area (Å²) in [5, 5.41) is 3.43. The molecule has 9 heteroatoms. The van der Waals surface area contributed by atoms with Crippen molar-refractivity contribution in [2.75, 3.05) is 23.3 Å². The van der Waals surface area contributed by atoms with Crippen LogP contribution in [0.3, 0.4) is 0 Å². The summed E-state index contributed by atoms with van der Waals surface area (Å²) in [5.41, 5.74) is 2.49. The number of anilines is 2. The second-order valence-corrected chi connectivity index (χ2v) is 9.64. The number of benzene rings is 1. The molecule has 1 aromatic carbocycles. The molecule has 3 aromatic rings. The summed E-state index contributed by atoms with van der Waals surface area (Å²) < 4.78 is 14.3. The molecule has 2 aliphatic heterocycles. The number of nitrogens with zero attached hydrogens (tertiary/aromatic N) is 5. The monoisotopic (exact) mass is 462 g/mol. The smallest absolute Gasteiger partial charge is 0.269 e. The average Bonchev–Trinajstić information content (AvgIpc) is 3.20. The predicted molar refractivity (Wildman–Crippen MR) is 129 cm³/mol. The van der Waals surface area contributed by atoms with Gasteiger partial charge in [0.15, 0.2) is 0 Å². The van der Waals surface area contributed by atoms with E-state index in [2.05, 4.69) is 37.3 Å². The molecule has 1 N–H and O–H groups in total. The van der Waals surface area contributed by atoms with Gasteiger partial charge in [0.25, 0.3) is 5.56 Å². The highest BCUT2D eigenvalue weighted by molar-refractivity contribution is 5.86. The molecule has 2 saturated heterocycles. The largest absolute Gasteiger partial charge is 0.488 e. The topological polar surface area (TPSA) is 94.4 Å². The van der Waals surface area contributed by atoms with Crippen molar-refractivity contribution in [1.82, 2.24) is 19.5 Å². The first-order valence-corrected chi connectivity index (χ1v) is 12.2. The molecule has 3 aliphatic rings. The van der Waals surface area contributed by atoms with Crippen LogP contribution in [-0.4, -0.2) is 57.0 Å². The van der Waals surface area contributed by atoms with Gasteiger partial charge < -0.3 is 24.3 Å². The lowest BCUT2D eigenvalue weighted by molar-refractivity contribution is 0.0305. The maximum atomic E-state index is 12.4. The second-order valence-electron chi connectivity index (χ2n) is 9.64. The van der Waals surface area contributed by atoms with Crippen molar-refractivity contribution in [2.24, 2.45) is 7.05 Å². The Morgan fingerprint density at radius 1 is 1.00 bits per heavy atom. The molecule has 0 radical (unpaired) electrons. The molecule has 9 nitrogen and oxygen atoms in total. The summed E-state index contributed by atoms with van der Waals surface area (Å²) >= 11 is 0. The Kier molecular flexibility index (Phi) is 5.57. The van der Waals surface area contributed by atoms with Gasteiger partial charge in [-0.3, -0.25) is 4.79 Å². The highest BCUT2D eigenvalue weighted by Crippen LogP contribution is 2.36. The molecule has 2 atom stereocenters. The first-order chi connectivity index (χ1) is 16.6. The molecule has 3 fully saturated rings. The SMILES string of the molecule is Cn1c(=O)cnc2cc(N3CC4CCC(C3)O4)cc(OC3CCC(Nc4ncccn4)CC3)c21. The fraction of sp³-hybridized carbons (Fsp3) is 0.520. The number of fused-ring (bicyclic) bond motifs is 3. The molecule has 34 heavy (non-hydrogen) atoms. The molecular weight excluding hydrogens is 432 g/mol. The van der Waals surface area contributed by atoms with Gasteiger partial charge in [0, 0.05) is 50.3 Å². The molecule has 2 bridgehead atoms.